The van der Waals surface area contributed by atoms with E-state index in [0.717, 1.165) is 47.5 Å². The highest BCUT2D eigenvalue weighted by Crippen LogP contribution is 2.47. The molecule has 2 unspecified atom stereocenters. The van der Waals surface area contributed by atoms with Crippen molar-refractivity contribution < 1.29 is 31.5 Å². The summed E-state index contributed by atoms with van der Waals surface area (Å²) in [7, 11) is -1.33. The normalized spacial score (nSPS) is 20.5. The molecule has 3 aliphatic carbocycles. The van der Waals surface area contributed by atoms with Crippen LogP contribution in [0.1, 0.15) is 31.2 Å². The highest BCUT2D eigenvalue weighted by atomic mass is 32.2. The van der Waals surface area contributed by atoms with E-state index >= 15 is 4.39 Å². The van der Waals surface area contributed by atoms with Crippen LogP contribution in [0.4, 0.5) is 14.6 Å². The third-order valence-electron chi connectivity index (χ3n) is 9.61. The molecular formula is C35H33F2N5O5S. The molecule has 3 saturated carbocycles. The summed E-state index contributed by atoms with van der Waals surface area (Å²) in [5, 5.41) is 3.37. The lowest BCUT2D eigenvalue weighted by atomic mass is 9.61. The lowest BCUT2D eigenvalue weighted by Gasteiger charge is -2.47. The lowest BCUT2D eigenvalue weighted by Crippen LogP contribution is -2.52. The number of aryl methyl sites for hydroxylation is 1. The summed E-state index contributed by atoms with van der Waals surface area (Å²) in [5.41, 5.74) is 1.27. The van der Waals surface area contributed by atoms with Gasteiger partial charge in [0, 0.05) is 28.8 Å². The predicted molar refractivity (Wildman–Crippen MR) is 175 cm³/mol. The molecule has 13 heteroatoms. The molecule has 0 amide bonds. The van der Waals surface area contributed by atoms with Crippen LogP contribution in [0.3, 0.4) is 0 Å². The Morgan fingerprint density at radius 2 is 1.65 bits per heavy atom. The molecule has 0 saturated heterocycles. The first-order chi connectivity index (χ1) is 23.1. The van der Waals surface area contributed by atoms with E-state index in [9.17, 15) is 17.6 Å². The van der Waals surface area contributed by atoms with Gasteiger partial charge in [0.25, 0.3) is 10.0 Å². The van der Waals surface area contributed by atoms with Crippen molar-refractivity contribution in [2.45, 2.75) is 43.5 Å². The number of esters is 1. The minimum absolute atomic E-state index is 0.00480. The first-order valence-electron chi connectivity index (χ1n) is 15.6. The van der Waals surface area contributed by atoms with Gasteiger partial charge in [0.2, 0.25) is 0 Å². The zero-order valence-corrected chi connectivity index (χ0v) is 27.3. The topological polar surface area (TPSA) is 125 Å². The molecule has 3 aromatic heterocycles. The number of hydrogen-bond acceptors (Lipinski definition) is 9. The molecule has 0 spiro atoms. The second kappa shape index (κ2) is 12.3. The minimum atomic E-state index is -4.20. The minimum Gasteiger partial charge on any atom is -0.497 e. The standard InChI is InChI=1S/C35H33F2N5O5S/c1-19-4-14-25(15-5-19)48(44,45)42-18-27(26-16-23(36)17-38-34(26)42)32-40-31(22-10-12-24(46-2)13-11-22)29(37)33(41-32)39-30-21-8-6-20(7-9-21)28(30)35(43)47-3/h4-5,10-18,20-21,28,30H,6-9H2,1-3H3,(H,39,40,41). The number of nitrogens with zero attached hydrogens (tertiary/aromatic N) is 4. The number of carbonyl (C=O) groups is 1. The summed E-state index contributed by atoms with van der Waals surface area (Å²) in [6.45, 7) is 1.84. The van der Waals surface area contributed by atoms with E-state index in [2.05, 4.69) is 20.3 Å². The number of hydrogen-bond donors (Lipinski definition) is 1. The number of nitrogens with one attached hydrogen (secondary N) is 1. The molecule has 2 bridgehead atoms. The summed E-state index contributed by atoms with van der Waals surface area (Å²) in [4.78, 5) is 26.3. The van der Waals surface area contributed by atoms with Gasteiger partial charge in [-0.2, -0.15) is 0 Å². The molecule has 248 valence electrons. The number of halogens is 2. The highest BCUT2D eigenvalue weighted by molar-refractivity contribution is 7.90. The third-order valence-corrected chi connectivity index (χ3v) is 11.3. The predicted octanol–water partition coefficient (Wildman–Crippen LogP) is 6.38. The maximum Gasteiger partial charge on any atom is 0.311 e. The first kappa shape index (κ1) is 31.7. The number of carbonyl (C=O) groups excluding carboxylic acids is 1. The Labute approximate surface area is 276 Å². The summed E-state index contributed by atoms with van der Waals surface area (Å²) in [6.07, 6.45) is 5.71. The summed E-state index contributed by atoms with van der Waals surface area (Å²) >= 11 is 0. The molecule has 3 fully saturated rings. The van der Waals surface area contributed by atoms with E-state index in [-0.39, 0.29) is 56.6 Å². The van der Waals surface area contributed by atoms with Crippen molar-refractivity contribution >= 4 is 32.8 Å². The maximum atomic E-state index is 16.6. The Kier molecular flexibility index (Phi) is 8.10. The Morgan fingerprint density at radius 1 is 0.958 bits per heavy atom. The van der Waals surface area contributed by atoms with Crippen molar-refractivity contribution in [1.82, 2.24) is 18.9 Å². The number of rotatable bonds is 8. The van der Waals surface area contributed by atoms with Gasteiger partial charge in [-0.25, -0.2) is 36.1 Å². The van der Waals surface area contributed by atoms with Crippen LogP contribution in [0, 0.1) is 36.3 Å². The SMILES string of the molecule is COC(=O)C1C2CCC(CC2)C1Nc1nc(-c2cn(S(=O)(=O)c3ccc(C)cc3)c3ncc(F)cc23)nc(-c2ccc(OC)cc2)c1F. The molecule has 0 aliphatic heterocycles. The largest absolute Gasteiger partial charge is 0.497 e. The number of aromatic nitrogens is 4. The lowest BCUT2D eigenvalue weighted by molar-refractivity contribution is -0.152. The van der Waals surface area contributed by atoms with E-state index in [1.165, 1.54) is 32.5 Å². The van der Waals surface area contributed by atoms with Crippen LogP contribution < -0.4 is 10.1 Å². The molecule has 3 heterocycles. The first-order valence-corrected chi connectivity index (χ1v) is 17.1. The van der Waals surface area contributed by atoms with E-state index < -0.39 is 33.6 Å². The zero-order chi connectivity index (χ0) is 33.7. The fourth-order valence-corrected chi connectivity index (χ4v) is 8.46. The average molecular weight is 674 g/mol. The quantitative estimate of drug-likeness (QED) is 0.187. The van der Waals surface area contributed by atoms with Gasteiger partial charge in [-0.1, -0.05) is 17.7 Å². The van der Waals surface area contributed by atoms with Gasteiger partial charge < -0.3 is 14.8 Å². The van der Waals surface area contributed by atoms with Crippen molar-refractivity contribution in [2.24, 2.45) is 17.8 Å². The number of fused-ring (bicyclic) bond motifs is 4. The molecule has 3 aliphatic rings. The van der Waals surface area contributed by atoms with Crippen molar-refractivity contribution in [1.29, 1.82) is 0 Å². The van der Waals surface area contributed by atoms with Crippen LogP contribution in [-0.2, 0) is 19.6 Å². The molecule has 48 heavy (non-hydrogen) atoms. The molecule has 10 nitrogen and oxygen atoms in total. The fraction of sp³-hybridized carbons (Fsp3) is 0.314. The van der Waals surface area contributed by atoms with Crippen LogP contribution in [0.5, 0.6) is 5.75 Å². The molecule has 1 N–H and O–H groups in total. The van der Waals surface area contributed by atoms with Crippen LogP contribution in [0.2, 0.25) is 0 Å². The molecule has 2 atom stereocenters. The average Bonchev–Trinajstić information content (AvgIpc) is 3.49. The number of pyridine rings is 1. The third kappa shape index (κ3) is 5.45. The zero-order valence-electron chi connectivity index (χ0n) is 26.5. The van der Waals surface area contributed by atoms with Gasteiger partial charge in [-0.3, -0.25) is 4.79 Å². The molecule has 0 radical (unpaired) electrons. The molecule has 2 aromatic carbocycles. The van der Waals surface area contributed by atoms with Gasteiger partial charge in [0.15, 0.2) is 23.1 Å². The van der Waals surface area contributed by atoms with Crippen LogP contribution in [0.25, 0.3) is 33.7 Å². The Hall–Kier alpha value is -4.91. The Morgan fingerprint density at radius 3 is 2.31 bits per heavy atom. The van der Waals surface area contributed by atoms with E-state index in [1.807, 2.05) is 6.92 Å². The van der Waals surface area contributed by atoms with Crippen molar-refractivity contribution in [2.75, 3.05) is 19.5 Å². The van der Waals surface area contributed by atoms with E-state index in [4.69, 9.17) is 9.47 Å². The van der Waals surface area contributed by atoms with Crippen LogP contribution >= 0.6 is 0 Å². The maximum absolute atomic E-state index is 16.6. The van der Waals surface area contributed by atoms with Gasteiger partial charge in [0.1, 0.15) is 17.3 Å². The highest BCUT2D eigenvalue weighted by Gasteiger charge is 2.48. The van der Waals surface area contributed by atoms with E-state index in [1.54, 1.807) is 36.4 Å². The number of anilines is 1. The Bertz CT molecular complexity index is 2130. The van der Waals surface area contributed by atoms with Gasteiger partial charge >= 0.3 is 5.97 Å². The van der Waals surface area contributed by atoms with Gasteiger partial charge in [-0.15, -0.1) is 0 Å². The fourth-order valence-electron chi connectivity index (χ4n) is 7.13. The smallest absolute Gasteiger partial charge is 0.311 e. The van der Waals surface area contributed by atoms with Crippen molar-refractivity contribution in [3.8, 4) is 28.4 Å². The molecule has 8 rings (SSSR count). The van der Waals surface area contributed by atoms with Crippen molar-refractivity contribution in [3.05, 3.63) is 84.2 Å². The second-order valence-electron chi connectivity index (χ2n) is 12.4. The Balaban J connectivity index is 1.42. The van der Waals surface area contributed by atoms with Gasteiger partial charge in [-0.05, 0) is 86.9 Å². The van der Waals surface area contributed by atoms with Crippen LogP contribution in [-0.4, -0.2) is 53.6 Å². The summed E-state index contributed by atoms with van der Waals surface area (Å²) < 4.78 is 70.5. The monoisotopic (exact) mass is 673 g/mol. The van der Waals surface area contributed by atoms with E-state index in [0.29, 0.717) is 11.3 Å². The second-order valence-corrected chi connectivity index (χ2v) is 14.2. The van der Waals surface area contributed by atoms with Gasteiger partial charge in [0.05, 0.1) is 31.2 Å². The molecule has 5 aromatic rings. The van der Waals surface area contributed by atoms with Crippen molar-refractivity contribution in [3.63, 3.8) is 0 Å². The molecular weight excluding hydrogens is 640 g/mol. The number of methoxy groups -OCH3 is 2. The number of ether oxygens (including phenoxy) is 2. The summed E-state index contributed by atoms with van der Waals surface area (Å²) in [5.74, 6) is -1.82. The van der Waals surface area contributed by atoms with Crippen LogP contribution in [0.15, 0.2) is 71.9 Å². The summed E-state index contributed by atoms with van der Waals surface area (Å²) in [6, 6.07) is 13.6. The number of benzene rings is 2.